The summed E-state index contributed by atoms with van der Waals surface area (Å²) in [6, 6.07) is 9.04. The SMILES string of the molecule is CCc1cccc(CC)c1-c1cc(OC(C)C)c(CCCC(N)CC)c(C)n1. The van der Waals surface area contributed by atoms with Gasteiger partial charge in [-0.1, -0.05) is 39.0 Å². The first-order valence-electron chi connectivity index (χ1n) is 10.9. The molecule has 154 valence electrons. The highest BCUT2D eigenvalue weighted by Crippen LogP contribution is 2.34. The summed E-state index contributed by atoms with van der Waals surface area (Å²) in [5.74, 6) is 0.982. The number of hydrogen-bond donors (Lipinski definition) is 1. The van der Waals surface area contributed by atoms with E-state index in [0.29, 0.717) is 0 Å². The second-order valence-electron chi connectivity index (χ2n) is 7.96. The third kappa shape index (κ3) is 5.57. The average Bonchev–Trinajstić information content (AvgIpc) is 2.68. The van der Waals surface area contributed by atoms with Gasteiger partial charge in [0.1, 0.15) is 5.75 Å². The normalized spacial score (nSPS) is 12.4. The third-order valence-corrected chi connectivity index (χ3v) is 5.43. The summed E-state index contributed by atoms with van der Waals surface area (Å²) in [4.78, 5) is 5.04. The molecule has 2 aromatic rings. The van der Waals surface area contributed by atoms with E-state index in [1.807, 2.05) is 0 Å². The molecule has 2 N–H and O–H groups in total. The lowest BCUT2D eigenvalue weighted by atomic mass is 9.93. The molecule has 0 aliphatic carbocycles. The molecule has 1 unspecified atom stereocenters. The number of rotatable bonds is 10. The molecular weight excluding hydrogens is 344 g/mol. The highest BCUT2D eigenvalue weighted by Gasteiger charge is 2.17. The number of ether oxygens (including phenoxy) is 1. The van der Waals surface area contributed by atoms with Crippen molar-refractivity contribution in [3.8, 4) is 17.0 Å². The van der Waals surface area contributed by atoms with Crippen molar-refractivity contribution < 1.29 is 4.74 Å². The summed E-state index contributed by atoms with van der Waals surface area (Å²) in [5.41, 5.74) is 13.4. The summed E-state index contributed by atoms with van der Waals surface area (Å²) in [6.45, 7) is 12.9. The van der Waals surface area contributed by atoms with Gasteiger partial charge in [0.05, 0.1) is 11.8 Å². The van der Waals surface area contributed by atoms with Crippen LogP contribution in [0.25, 0.3) is 11.3 Å². The smallest absolute Gasteiger partial charge is 0.126 e. The minimum atomic E-state index is 0.137. The summed E-state index contributed by atoms with van der Waals surface area (Å²) >= 11 is 0. The van der Waals surface area contributed by atoms with E-state index in [0.717, 1.165) is 55.7 Å². The Balaban J connectivity index is 2.48. The van der Waals surface area contributed by atoms with Crippen LogP contribution in [0.15, 0.2) is 24.3 Å². The zero-order valence-corrected chi connectivity index (χ0v) is 18.6. The van der Waals surface area contributed by atoms with Crippen LogP contribution in [0, 0.1) is 6.92 Å². The second kappa shape index (κ2) is 10.6. The van der Waals surface area contributed by atoms with Crippen LogP contribution in [-0.4, -0.2) is 17.1 Å². The molecule has 0 radical (unpaired) electrons. The first-order chi connectivity index (χ1) is 13.4. The van der Waals surface area contributed by atoms with Crippen LogP contribution in [0.3, 0.4) is 0 Å². The van der Waals surface area contributed by atoms with Crippen LogP contribution >= 0.6 is 0 Å². The van der Waals surface area contributed by atoms with E-state index < -0.39 is 0 Å². The van der Waals surface area contributed by atoms with E-state index in [1.54, 1.807) is 0 Å². The molecule has 0 aliphatic rings. The number of nitrogens with zero attached hydrogens (tertiary/aromatic N) is 1. The maximum atomic E-state index is 6.25. The molecule has 0 spiro atoms. The fourth-order valence-corrected chi connectivity index (χ4v) is 3.78. The Morgan fingerprint density at radius 3 is 2.25 bits per heavy atom. The Labute approximate surface area is 171 Å². The van der Waals surface area contributed by atoms with Gasteiger partial charge in [-0.05, 0) is 70.4 Å². The van der Waals surface area contributed by atoms with Gasteiger partial charge in [-0.2, -0.15) is 0 Å². The van der Waals surface area contributed by atoms with E-state index in [9.17, 15) is 0 Å². The zero-order valence-electron chi connectivity index (χ0n) is 18.6. The molecule has 0 fully saturated rings. The van der Waals surface area contributed by atoms with Gasteiger partial charge in [0.25, 0.3) is 0 Å². The van der Waals surface area contributed by atoms with E-state index >= 15 is 0 Å². The molecule has 0 aliphatic heterocycles. The Hall–Kier alpha value is -1.87. The number of benzene rings is 1. The average molecular weight is 383 g/mol. The van der Waals surface area contributed by atoms with Crippen molar-refractivity contribution >= 4 is 0 Å². The molecule has 28 heavy (non-hydrogen) atoms. The van der Waals surface area contributed by atoms with Gasteiger partial charge in [0.15, 0.2) is 0 Å². The van der Waals surface area contributed by atoms with Crippen LogP contribution in [0.4, 0.5) is 0 Å². The Bertz CT molecular complexity index is 745. The van der Waals surface area contributed by atoms with Crippen LogP contribution in [0.2, 0.25) is 0 Å². The minimum absolute atomic E-state index is 0.137. The number of nitrogens with two attached hydrogens (primary N) is 1. The number of aryl methyl sites for hydroxylation is 3. The Morgan fingerprint density at radius 1 is 1.07 bits per heavy atom. The Morgan fingerprint density at radius 2 is 1.71 bits per heavy atom. The maximum Gasteiger partial charge on any atom is 0.126 e. The van der Waals surface area contributed by atoms with Gasteiger partial charge in [0, 0.05) is 28.9 Å². The fourth-order valence-electron chi connectivity index (χ4n) is 3.78. The summed E-state index contributed by atoms with van der Waals surface area (Å²) in [5, 5.41) is 0. The summed E-state index contributed by atoms with van der Waals surface area (Å²) in [6.07, 6.45) is 6.24. The molecule has 1 heterocycles. The van der Waals surface area contributed by atoms with Crippen molar-refractivity contribution in [2.75, 3.05) is 0 Å². The first kappa shape index (κ1) is 22.4. The lowest BCUT2D eigenvalue weighted by Gasteiger charge is -2.20. The van der Waals surface area contributed by atoms with Crippen molar-refractivity contribution in [3.63, 3.8) is 0 Å². The van der Waals surface area contributed by atoms with Gasteiger partial charge in [-0.3, -0.25) is 4.98 Å². The number of hydrogen-bond acceptors (Lipinski definition) is 3. The topological polar surface area (TPSA) is 48.1 Å². The monoisotopic (exact) mass is 382 g/mol. The largest absolute Gasteiger partial charge is 0.491 e. The third-order valence-electron chi connectivity index (χ3n) is 5.43. The van der Waals surface area contributed by atoms with Crippen LogP contribution < -0.4 is 10.5 Å². The van der Waals surface area contributed by atoms with E-state index in [-0.39, 0.29) is 12.1 Å². The molecule has 3 nitrogen and oxygen atoms in total. The minimum Gasteiger partial charge on any atom is -0.491 e. The van der Waals surface area contributed by atoms with Crippen LogP contribution in [0.1, 0.15) is 76.3 Å². The van der Waals surface area contributed by atoms with Crippen LogP contribution in [-0.2, 0) is 19.3 Å². The lowest BCUT2D eigenvalue weighted by molar-refractivity contribution is 0.239. The van der Waals surface area contributed by atoms with Crippen molar-refractivity contribution in [3.05, 3.63) is 46.6 Å². The highest BCUT2D eigenvalue weighted by atomic mass is 16.5. The molecule has 1 aromatic carbocycles. The molecule has 3 heteroatoms. The van der Waals surface area contributed by atoms with Gasteiger partial charge >= 0.3 is 0 Å². The molecule has 0 amide bonds. The first-order valence-corrected chi connectivity index (χ1v) is 10.9. The molecule has 1 aromatic heterocycles. The number of pyridine rings is 1. The maximum absolute atomic E-state index is 6.25. The molecule has 0 saturated carbocycles. The highest BCUT2D eigenvalue weighted by molar-refractivity contribution is 5.70. The quantitative estimate of drug-likeness (QED) is 0.546. The standard InChI is InChI=1S/C25H38N2O/c1-7-19-12-10-13-20(8-2)25(19)23-16-24(28-17(4)5)22(18(6)27-23)15-11-14-21(26)9-3/h10,12-13,16-17,21H,7-9,11,14-15,26H2,1-6H3. The lowest BCUT2D eigenvalue weighted by Crippen LogP contribution is -2.18. The second-order valence-corrected chi connectivity index (χ2v) is 7.96. The van der Waals surface area contributed by atoms with E-state index in [2.05, 4.69) is 65.8 Å². The summed E-state index contributed by atoms with van der Waals surface area (Å²) in [7, 11) is 0. The molecule has 0 saturated heterocycles. The fraction of sp³-hybridized carbons (Fsp3) is 0.560. The summed E-state index contributed by atoms with van der Waals surface area (Å²) < 4.78 is 6.25. The van der Waals surface area contributed by atoms with Crippen LogP contribution in [0.5, 0.6) is 5.75 Å². The van der Waals surface area contributed by atoms with Gasteiger partial charge < -0.3 is 10.5 Å². The number of aromatic nitrogens is 1. The van der Waals surface area contributed by atoms with Crippen molar-refractivity contribution in [2.45, 2.75) is 92.2 Å². The zero-order chi connectivity index (χ0) is 20.7. The van der Waals surface area contributed by atoms with Crippen molar-refractivity contribution in [1.82, 2.24) is 4.98 Å². The molecule has 0 bridgehead atoms. The van der Waals surface area contributed by atoms with Gasteiger partial charge in [0.2, 0.25) is 0 Å². The van der Waals surface area contributed by atoms with Crippen molar-refractivity contribution in [1.29, 1.82) is 0 Å². The van der Waals surface area contributed by atoms with E-state index in [1.165, 1.54) is 22.3 Å². The van der Waals surface area contributed by atoms with Gasteiger partial charge in [-0.15, -0.1) is 0 Å². The van der Waals surface area contributed by atoms with Gasteiger partial charge in [-0.25, -0.2) is 0 Å². The molecular formula is C25H38N2O. The molecule has 1 atom stereocenters. The Kier molecular flexibility index (Phi) is 8.50. The molecule has 2 rings (SSSR count). The van der Waals surface area contributed by atoms with E-state index in [4.69, 9.17) is 15.5 Å². The predicted molar refractivity (Wildman–Crippen MR) is 120 cm³/mol. The van der Waals surface area contributed by atoms with Crippen molar-refractivity contribution in [2.24, 2.45) is 5.73 Å². The predicted octanol–water partition coefficient (Wildman–Crippen LogP) is 6.03.